The molecule has 0 unspecified atom stereocenters. The van der Waals surface area contributed by atoms with Crippen LogP contribution in [0.15, 0.2) is 18.2 Å². The summed E-state index contributed by atoms with van der Waals surface area (Å²) in [5.41, 5.74) is 0.518. The van der Waals surface area contributed by atoms with E-state index in [1.54, 1.807) is 18.2 Å². The fourth-order valence-electron chi connectivity index (χ4n) is 2.73. The van der Waals surface area contributed by atoms with E-state index < -0.39 is 5.92 Å². The first-order valence-electron chi connectivity index (χ1n) is 6.87. The molecule has 0 aromatic heterocycles. The molecule has 0 amide bonds. The summed E-state index contributed by atoms with van der Waals surface area (Å²) in [7, 11) is 0. The quantitative estimate of drug-likeness (QED) is 0.779. The van der Waals surface area contributed by atoms with Gasteiger partial charge in [-0.1, -0.05) is 0 Å². The van der Waals surface area contributed by atoms with Gasteiger partial charge in [0, 0.05) is 24.3 Å². The molecule has 0 radical (unpaired) electrons. The van der Waals surface area contributed by atoms with Crippen molar-refractivity contribution in [3.8, 4) is 11.5 Å². The van der Waals surface area contributed by atoms with Crippen molar-refractivity contribution in [3.05, 3.63) is 23.8 Å². The van der Waals surface area contributed by atoms with Gasteiger partial charge in [0.05, 0.1) is 0 Å². The number of alkyl halides is 2. The lowest BCUT2D eigenvalue weighted by Crippen LogP contribution is -2.28. The zero-order chi connectivity index (χ0) is 14.2. The van der Waals surface area contributed by atoms with Crippen LogP contribution in [0.25, 0.3) is 0 Å². The van der Waals surface area contributed by atoms with Crippen molar-refractivity contribution in [1.82, 2.24) is 0 Å². The summed E-state index contributed by atoms with van der Waals surface area (Å²) in [6.45, 7) is 0.957. The Morgan fingerprint density at radius 1 is 1.10 bits per heavy atom. The molecule has 1 fully saturated rings. The van der Waals surface area contributed by atoms with Crippen molar-refractivity contribution < 1.29 is 23.0 Å². The third-order valence-corrected chi connectivity index (χ3v) is 3.91. The third-order valence-electron chi connectivity index (χ3n) is 3.91. The summed E-state index contributed by atoms with van der Waals surface area (Å²) < 4.78 is 37.1. The highest BCUT2D eigenvalue weighted by molar-refractivity contribution is 5.98. The predicted molar refractivity (Wildman–Crippen MR) is 68.7 cm³/mol. The van der Waals surface area contributed by atoms with Gasteiger partial charge in [0.15, 0.2) is 17.3 Å². The topological polar surface area (TPSA) is 35.5 Å². The Kier molecular flexibility index (Phi) is 3.36. The molecular formula is C15H16F2O3. The van der Waals surface area contributed by atoms with Crippen molar-refractivity contribution in [2.45, 2.75) is 31.6 Å². The lowest BCUT2D eigenvalue weighted by Gasteiger charge is -2.27. The van der Waals surface area contributed by atoms with Gasteiger partial charge in [0.25, 0.3) is 0 Å². The minimum atomic E-state index is -2.61. The second kappa shape index (κ2) is 5.04. The Morgan fingerprint density at radius 3 is 2.45 bits per heavy atom. The molecule has 20 heavy (non-hydrogen) atoms. The standard InChI is InChI=1S/C15H16F2O3/c16-15(17)5-3-10(4-6-15)14(18)11-1-2-12-13(9-11)20-8-7-19-12/h1-2,9-10H,3-8H2. The summed E-state index contributed by atoms with van der Waals surface area (Å²) in [6, 6.07) is 5.05. The van der Waals surface area contributed by atoms with Crippen molar-refractivity contribution in [3.63, 3.8) is 0 Å². The van der Waals surface area contributed by atoms with Crippen molar-refractivity contribution in [1.29, 1.82) is 0 Å². The van der Waals surface area contributed by atoms with Gasteiger partial charge in [0.2, 0.25) is 5.92 Å². The maximum absolute atomic E-state index is 13.1. The minimum absolute atomic E-state index is 0.0718. The molecule has 1 aromatic carbocycles. The number of carbonyl (C=O) groups excluding carboxylic acids is 1. The number of hydrogen-bond acceptors (Lipinski definition) is 3. The van der Waals surface area contributed by atoms with E-state index in [9.17, 15) is 13.6 Å². The average Bonchev–Trinajstić information content (AvgIpc) is 2.46. The zero-order valence-corrected chi connectivity index (χ0v) is 11.0. The lowest BCUT2D eigenvalue weighted by atomic mass is 9.82. The van der Waals surface area contributed by atoms with E-state index in [0.717, 1.165) is 0 Å². The van der Waals surface area contributed by atoms with Crippen LogP contribution in [-0.2, 0) is 0 Å². The summed E-state index contributed by atoms with van der Waals surface area (Å²) in [5.74, 6) is -1.80. The van der Waals surface area contributed by atoms with Crippen LogP contribution in [0.2, 0.25) is 0 Å². The molecule has 5 heteroatoms. The summed E-state index contributed by atoms with van der Waals surface area (Å²) in [5, 5.41) is 0. The molecule has 3 rings (SSSR count). The molecule has 0 spiro atoms. The second-order valence-corrected chi connectivity index (χ2v) is 5.35. The molecule has 1 aliphatic carbocycles. The number of halogens is 2. The van der Waals surface area contributed by atoms with Gasteiger partial charge in [-0.05, 0) is 31.0 Å². The van der Waals surface area contributed by atoms with Crippen LogP contribution in [0.1, 0.15) is 36.0 Å². The van der Waals surface area contributed by atoms with Crippen LogP contribution in [-0.4, -0.2) is 24.9 Å². The number of ether oxygens (including phenoxy) is 2. The fraction of sp³-hybridized carbons (Fsp3) is 0.533. The smallest absolute Gasteiger partial charge is 0.248 e. The van der Waals surface area contributed by atoms with E-state index in [1.165, 1.54) is 0 Å². The molecule has 0 bridgehead atoms. The summed E-state index contributed by atoms with van der Waals surface area (Å²) in [4.78, 5) is 12.4. The van der Waals surface area contributed by atoms with E-state index in [1.807, 2.05) is 0 Å². The van der Waals surface area contributed by atoms with Crippen LogP contribution in [0.5, 0.6) is 11.5 Å². The van der Waals surface area contributed by atoms with Gasteiger partial charge in [0.1, 0.15) is 13.2 Å². The molecule has 0 saturated heterocycles. The van der Waals surface area contributed by atoms with Crippen LogP contribution in [0, 0.1) is 5.92 Å². The molecule has 1 saturated carbocycles. The van der Waals surface area contributed by atoms with Gasteiger partial charge >= 0.3 is 0 Å². The zero-order valence-electron chi connectivity index (χ0n) is 11.0. The molecule has 1 aliphatic heterocycles. The highest BCUT2D eigenvalue weighted by atomic mass is 19.3. The van der Waals surface area contributed by atoms with Crippen LogP contribution >= 0.6 is 0 Å². The highest BCUT2D eigenvalue weighted by Crippen LogP contribution is 2.38. The molecule has 1 heterocycles. The number of carbonyl (C=O) groups is 1. The highest BCUT2D eigenvalue weighted by Gasteiger charge is 2.37. The maximum Gasteiger partial charge on any atom is 0.248 e. The van der Waals surface area contributed by atoms with E-state index in [4.69, 9.17) is 9.47 Å². The van der Waals surface area contributed by atoms with Gasteiger partial charge in [-0.15, -0.1) is 0 Å². The maximum atomic E-state index is 13.1. The number of benzene rings is 1. The predicted octanol–water partition coefficient (Wildman–Crippen LogP) is 3.47. The van der Waals surface area contributed by atoms with E-state index in [2.05, 4.69) is 0 Å². The molecule has 2 aliphatic rings. The van der Waals surface area contributed by atoms with Crippen LogP contribution in [0.3, 0.4) is 0 Å². The fourth-order valence-corrected chi connectivity index (χ4v) is 2.73. The Morgan fingerprint density at radius 2 is 1.75 bits per heavy atom. The number of hydrogen-bond donors (Lipinski definition) is 0. The minimum Gasteiger partial charge on any atom is -0.486 e. The third kappa shape index (κ3) is 2.62. The van der Waals surface area contributed by atoms with Crippen molar-refractivity contribution >= 4 is 5.78 Å². The molecule has 0 atom stereocenters. The van der Waals surface area contributed by atoms with E-state index in [-0.39, 0.29) is 37.4 Å². The van der Waals surface area contributed by atoms with Gasteiger partial charge in [-0.3, -0.25) is 4.79 Å². The van der Waals surface area contributed by atoms with Crippen molar-refractivity contribution in [2.75, 3.05) is 13.2 Å². The number of rotatable bonds is 2. The van der Waals surface area contributed by atoms with Crippen LogP contribution in [0.4, 0.5) is 8.78 Å². The molecule has 3 nitrogen and oxygen atoms in total. The normalized spacial score (nSPS) is 21.5. The van der Waals surface area contributed by atoms with Gasteiger partial charge < -0.3 is 9.47 Å². The Hall–Kier alpha value is -1.65. The first-order chi connectivity index (χ1) is 9.55. The molecule has 0 N–H and O–H groups in total. The Balaban J connectivity index is 1.74. The first kappa shape index (κ1) is 13.3. The second-order valence-electron chi connectivity index (χ2n) is 5.35. The summed E-state index contributed by atoms with van der Waals surface area (Å²) >= 11 is 0. The van der Waals surface area contributed by atoms with E-state index in [0.29, 0.717) is 30.3 Å². The molecular weight excluding hydrogens is 266 g/mol. The average molecular weight is 282 g/mol. The van der Waals surface area contributed by atoms with E-state index >= 15 is 0 Å². The first-order valence-corrected chi connectivity index (χ1v) is 6.87. The lowest BCUT2D eigenvalue weighted by molar-refractivity contribution is -0.0424. The Labute approximate surface area is 115 Å². The largest absolute Gasteiger partial charge is 0.486 e. The Bertz CT molecular complexity index is 518. The number of Topliss-reactive ketones (excluding diaryl/α,β-unsaturated/α-hetero) is 1. The monoisotopic (exact) mass is 282 g/mol. The molecule has 108 valence electrons. The van der Waals surface area contributed by atoms with Gasteiger partial charge in [-0.2, -0.15) is 0 Å². The SMILES string of the molecule is O=C(c1ccc2c(c1)OCCO2)C1CCC(F)(F)CC1. The van der Waals surface area contributed by atoms with Gasteiger partial charge in [-0.25, -0.2) is 8.78 Å². The van der Waals surface area contributed by atoms with Crippen molar-refractivity contribution in [2.24, 2.45) is 5.92 Å². The van der Waals surface area contributed by atoms with Crippen LogP contribution < -0.4 is 9.47 Å². The summed E-state index contributed by atoms with van der Waals surface area (Å²) in [6.07, 6.45) is 0.0997. The number of ketones is 1. The number of fused-ring (bicyclic) bond motifs is 1. The molecule has 1 aromatic rings.